The summed E-state index contributed by atoms with van der Waals surface area (Å²) in [5.41, 5.74) is 1.91. The molecule has 156 valence electrons. The van der Waals surface area contributed by atoms with Crippen molar-refractivity contribution in [3.05, 3.63) is 71.2 Å². The molecule has 0 unspecified atom stereocenters. The molecule has 1 amide bonds. The van der Waals surface area contributed by atoms with E-state index in [1.807, 2.05) is 6.07 Å². The zero-order valence-corrected chi connectivity index (χ0v) is 18.3. The van der Waals surface area contributed by atoms with Crippen molar-refractivity contribution in [2.45, 2.75) is 4.21 Å². The number of thiophene rings is 1. The van der Waals surface area contributed by atoms with Crippen LogP contribution in [0, 0.1) is 0 Å². The molecule has 0 radical (unpaired) electrons. The number of halogens is 1. The fourth-order valence-electron chi connectivity index (χ4n) is 3.08. The second kappa shape index (κ2) is 8.87. The monoisotopic (exact) mass is 462 g/mol. The number of nitrogens with zero attached hydrogens (tertiary/aromatic N) is 1. The van der Waals surface area contributed by atoms with E-state index in [4.69, 9.17) is 16.3 Å². The Morgan fingerprint density at radius 2 is 1.77 bits per heavy atom. The highest BCUT2D eigenvalue weighted by molar-refractivity contribution is 7.91. The highest BCUT2D eigenvalue weighted by Crippen LogP contribution is 2.33. The Balaban J connectivity index is 1.54. The average Bonchev–Trinajstić information content (AvgIpc) is 3.27. The summed E-state index contributed by atoms with van der Waals surface area (Å²) in [7, 11) is -3.54. The highest BCUT2D eigenvalue weighted by Gasteiger charge is 2.27. The molecule has 9 heteroatoms. The Hall–Kier alpha value is -2.23. The molecule has 6 nitrogen and oxygen atoms in total. The molecule has 0 aliphatic carbocycles. The lowest BCUT2D eigenvalue weighted by atomic mass is 10.1. The molecule has 2 heterocycles. The molecule has 0 bridgehead atoms. The maximum absolute atomic E-state index is 12.8. The van der Waals surface area contributed by atoms with Crippen LogP contribution in [-0.2, 0) is 14.8 Å². The van der Waals surface area contributed by atoms with Crippen molar-refractivity contribution in [2.24, 2.45) is 0 Å². The molecule has 0 atom stereocenters. The number of carbonyl (C=O) groups is 1. The van der Waals surface area contributed by atoms with E-state index in [9.17, 15) is 13.2 Å². The fraction of sp³-hybridized carbons (Fsp3) is 0.190. The van der Waals surface area contributed by atoms with Crippen molar-refractivity contribution in [3.63, 3.8) is 0 Å². The quantitative estimate of drug-likeness (QED) is 0.612. The molecular weight excluding hydrogens is 444 g/mol. The number of nitrogens with one attached hydrogen (secondary N) is 1. The zero-order valence-electron chi connectivity index (χ0n) is 15.9. The van der Waals surface area contributed by atoms with Crippen molar-refractivity contribution in [1.82, 2.24) is 4.31 Å². The number of ether oxygens (including phenoxy) is 1. The van der Waals surface area contributed by atoms with E-state index >= 15 is 0 Å². The van der Waals surface area contributed by atoms with E-state index in [1.54, 1.807) is 54.6 Å². The van der Waals surface area contributed by atoms with Crippen LogP contribution in [0.15, 0.2) is 64.9 Å². The van der Waals surface area contributed by atoms with E-state index in [2.05, 4.69) is 5.32 Å². The molecule has 1 aromatic heterocycles. The Morgan fingerprint density at radius 1 is 1.03 bits per heavy atom. The lowest BCUT2D eigenvalue weighted by Crippen LogP contribution is -2.40. The van der Waals surface area contributed by atoms with Crippen LogP contribution in [0.1, 0.15) is 10.4 Å². The molecule has 30 heavy (non-hydrogen) atoms. The molecule has 1 aliphatic rings. The van der Waals surface area contributed by atoms with E-state index in [-0.39, 0.29) is 10.1 Å². The topological polar surface area (TPSA) is 75.7 Å². The standard InChI is InChI=1S/C21H19ClN2O4S2/c22-17-4-6-18(7-5-17)23-21(25)16-3-1-2-15(14-16)19-8-9-20(29-19)30(26,27)24-10-12-28-13-11-24/h1-9,14H,10-13H2,(H,23,25). The summed E-state index contributed by atoms with van der Waals surface area (Å²) in [6.07, 6.45) is 0. The minimum absolute atomic E-state index is 0.253. The van der Waals surface area contributed by atoms with Crippen molar-refractivity contribution in [3.8, 4) is 10.4 Å². The van der Waals surface area contributed by atoms with Gasteiger partial charge in [-0.1, -0.05) is 23.7 Å². The third kappa shape index (κ3) is 4.58. The molecule has 4 rings (SSSR count). The first-order valence-electron chi connectivity index (χ1n) is 9.28. The number of benzene rings is 2. The summed E-state index contributed by atoms with van der Waals surface area (Å²) >= 11 is 7.07. The lowest BCUT2D eigenvalue weighted by Gasteiger charge is -2.25. The van der Waals surface area contributed by atoms with Gasteiger partial charge in [0.15, 0.2) is 0 Å². The first kappa shape index (κ1) is 21.0. The van der Waals surface area contributed by atoms with Crippen LogP contribution >= 0.6 is 22.9 Å². The molecule has 1 fully saturated rings. The van der Waals surface area contributed by atoms with Gasteiger partial charge in [0.1, 0.15) is 4.21 Å². The van der Waals surface area contributed by atoms with Crippen molar-refractivity contribution >= 4 is 44.6 Å². The van der Waals surface area contributed by atoms with Gasteiger partial charge in [0, 0.05) is 34.2 Å². The summed E-state index contributed by atoms with van der Waals surface area (Å²) in [6, 6.07) is 17.4. The van der Waals surface area contributed by atoms with Crippen molar-refractivity contribution < 1.29 is 17.9 Å². The number of hydrogen-bond donors (Lipinski definition) is 1. The molecule has 2 aromatic carbocycles. The predicted octanol–water partition coefficient (Wildman–Crippen LogP) is 4.34. The summed E-state index contributed by atoms with van der Waals surface area (Å²) in [5.74, 6) is -0.253. The highest BCUT2D eigenvalue weighted by atomic mass is 35.5. The van der Waals surface area contributed by atoms with Crippen LogP contribution in [0.2, 0.25) is 5.02 Å². The third-order valence-corrected chi connectivity index (χ3v) is 8.41. The van der Waals surface area contributed by atoms with Crippen LogP contribution in [0.4, 0.5) is 5.69 Å². The predicted molar refractivity (Wildman–Crippen MR) is 119 cm³/mol. The van der Waals surface area contributed by atoms with Gasteiger partial charge in [-0.15, -0.1) is 11.3 Å². The van der Waals surface area contributed by atoms with Crippen LogP contribution in [0.5, 0.6) is 0 Å². The molecule has 1 aliphatic heterocycles. The number of sulfonamides is 1. The van der Waals surface area contributed by atoms with E-state index < -0.39 is 10.0 Å². The van der Waals surface area contributed by atoms with Gasteiger partial charge >= 0.3 is 0 Å². The van der Waals surface area contributed by atoms with Crippen molar-refractivity contribution in [2.75, 3.05) is 31.6 Å². The number of morpholine rings is 1. The maximum atomic E-state index is 12.8. The third-order valence-electron chi connectivity index (χ3n) is 4.66. The average molecular weight is 463 g/mol. The Morgan fingerprint density at radius 3 is 2.50 bits per heavy atom. The fourth-order valence-corrected chi connectivity index (χ4v) is 6.07. The molecule has 1 saturated heterocycles. The maximum Gasteiger partial charge on any atom is 0.255 e. The van der Waals surface area contributed by atoms with E-state index in [0.717, 1.165) is 10.4 Å². The van der Waals surface area contributed by atoms with Gasteiger partial charge in [-0.2, -0.15) is 4.31 Å². The molecule has 3 aromatic rings. The number of carbonyl (C=O) groups excluding carboxylic acids is 1. The number of amides is 1. The van der Waals surface area contributed by atoms with Crippen LogP contribution < -0.4 is 5.32 Å². The smallest absolute Gasteiger partial charge is 0.255 e. The molecule has 0 saturated carbocycles. The SMILES string of the molecule is O=C(Nc1ccc(Cl)cc1)c1cccc(-c2ccc(S(=O)(=O)N3CCOCC3)s2)c1. The molecule has 1 N–H and O–H groups in total. The van der Waals surface area contributed by atoms with Gasteiger partial charge < -0.3 is 10.1 Å². The van der Waals surface area contributed by atoms with Crippen molar-refractivity contribution in [1.29, 1.82) is 0 Å². The van der Waals surface area contributed by atoms with Crippen LogP contribution in [0.25, 0.3) is 10.4 Å². The minimum Gasteiger partial charge on any atom is -0.379 e. The summed E-state index contributed by atoms with van der Waals surface area (Å²) in [5, 5.41) is 3.42. The number of rotatable bonds is 5. The Bertz CT molecular complexity index is 1150. The van der Waals surface area contributed by atoms with Gasteiger partial charge in [0.25, 0.3) is 15.9 Å². The first-order valence-corrected chi connectivity index (χ1v) is 11.9. The molecule has 0 spiro atoms. The normalized spacial score (nSPS) is 15.1. The van der Waals surface area contributed by atoms with Gasteiger partial charge in [0.2, 0.25) is 0 Å². The van der Waals surface area contributed by atoms with Gasteiger partial charge in [-0.25, -0.2) is 8.42 Å². The second-order valence-electron chi connectivity index (χ2n) is 6.68. The summed E-state index contributed by atoms with van der Waals surface area (Å²) in [6.45, 7) is 1.52. The Kier molecular flexibility index (Phi) is 6.21. The first-order chi connectivity index (χ1) is 14.4. The summed E-state index contributed by atoms with van der Waals surface area (Å²) < 4.78 is 32.7. The van der Waals surface area contributed by atoms with E-state index in [1.165, 1.54) is 15.6 Å². The van der Waals surface area contributed by atoms with Crippen LogP contribution in [-0.4, -0.2) is 44.9 Å². The van der Waals surface area contributed by atoms with E-state index in [0.29, 0.717) is 42.6 Å². The largest absolute Gasteiger partial charge is 0.379 e. The van der Waals surface area contributed by atoms with Gasteiger partial charge in [-0.05, 0) is 54.1 Å². The zero-order chi connectivity index (χ0) is 21.1. The number of anilines is 1. The second-order valence-corrected chi connectivity index (χ2v) is 10.4. The summed E-state index contributed by atoms with van der Waals surface area (Å²) in [4.78, 5) is 13.4. The molecular formula is C21H19ClN2O4S2. The van der Waals surface area contributed by atoms with Gasteiger partial charge in [-0.3, -0.25) is 4.79 Å². The van der Waals surface area contributed by atoms with Gasteiger partial charge in [0.05, 0.1) is 13.2 Å². The number of hydrogen-bond acceptors (Lipinski definition) is 5. The lowest BCUT2D eigenvalue weighted by molar-refractivity contribution is 0.0731. The minimum atomic E-state index is -3.54. The Labute approximate surface area is 184 Å². The van der Waals surface area contributed by atoms with Crippen LogP contribution in [0.3, 0.4) is 0 Å².